The summed E-state index contributed by atoms with van der Waals surface area (Å²) < 4.78 is 1.23. The zero-order valence-electron chi connectivity index (χ0n) is 9.81. The molecule has 0 amide bonds. The Morgan fingerprint density at radius 3 is 2.44 bits per heavy atom. The Morgan fingerprint density at radius 1 is 0.889 bits per heavy atom. The van der Waals surface area contributed by atoms with Gasteiger partial charge in [-0.3, -0.25) is 4.98 Å². The highest BCUT2D eigenvalue weighted by atomic mass is 127. The van der Waals surface area contributed by atoms with Gasteiger partial charge in [0.15, 0.2) is 0 Å². The van der Waals surface area contributed by atoms with Gasteiger partial charge in [0, 0.05) is 15.2 Å². The number of halogens is 1. The Balaban J connectivity index is 2.13. The first-order valence-corrected chi connectivity index (χ1v) is 6.98. The zero-order valence-corrected chi connectivity index (χ0v) is 12.0. The van der Waals surface area contributed by atoms with Gasteiger partial charge in [-0.15, -0.1) is 0 Å². The second kappa shape index (κ2) is 5.06. The predicted molar refractivity (Wildman–Crippen MR) is 83.7 cm³/mol. The van der Waals surface area contributed by atoms with Crippen molar-refractivity contribution in [1.29, 1.82) is 0 Å². The summed E-state index contributed by atoms with van der Waals surface area (Å²) >= 11 is 2.37. The molecule has 0 saturated carbocycles. The van der Waals surface area contributed by atoms with E-state index in [1.165, 1.54) is 20.1 Å². The number of fused-ring (bicyclic) bond motifs is 1. The number of pyridine rings is 1. The normalized spacial score (nSPS) is 10.7. The van der Waals surface area contributed by atoms with Gasteiger partial charge in [-0.2, -0.15) is 0 Å². The molecule has 0 N–H and O–H groups in total. The Labute approximate surface area is 120 Å². The van der Waals surface area contributed by atoms with Crippen LogP contribution in [0.15, 0.2) is 60.8 Å². The van der Waals surface area contributed by atoms with Gasteiger partial charge in [0.1, 0.15) is 0 Å². The fourth-order valence-electron chi connectivity index (χ4n) is 2.15. The summed E-state index contributed by atoms with van der Waals surface area (Å²) in [6.45, 7) is 0. The number of aromatic nitrogens is 1. The molecule has 0 saturated heterocycles. The second-order valence-corrected chi connectivity index (χ2v) is 5.43. The quantitative estimate of drug-likeness (QED) is 0.626. The van der Waals surface area contributed by atoms with Crippen molar-refractivity contribution in [3.8, 4) is 0 Å². The molecule has 0 atom stereocenters. The Hall–Kier alpha value is -1.42. The molecule has 1 heterocycles. The van der Waals surface area contributed by atoms with E-state index in [0.29, 0.717) is 0 Å². The summed E-state index contributed by atoms with van der Waals surface area (Å²) in [5, 5.41) is 1.26. The molecule has 0 aliphatic heterocycles. The first-order chi connectivity index (χ1) is 8.84. The molecule has 0 unspecified atom stereocenters. The number of rotatable bonds is 2. The van der Waals surface area contributed by atoms with E-state index < -0.39 is 0 Å². The highest BCUT2D eigenvalue weighted by Gasteiger charge is 2.07. The van der Waals surface area contributed by atoms with E-state index in [9.17, 15) is 0 Å². The van der Waals surface area contributed by atoms with Gasteiger partial charge < -0.3 is 0 Å². The van der Waals surface area contributed by atoms with Crippen LogP contribution in [-0.4, -0.2) is 4.98 Å². The van der Waals surface area contributed by atoms with Crippen molar-refractivity contribution in [2.24, 2.45) is 0 Å². The lowest BCUT2D eigenvalue weighted by molar-refractivity contribution is 1.18. The van der Waals surface area contributed by atoms with Crippen LogP contribution in [0.5, 0.6) is 0 Å². The van der Waals surface area contributed by atoms with Crippen LogP contribution in [0.3, 0.4) is 0 Å². The van der Waals surface area contributed by atoms with Gasteiger partial charge in [0.05, 0.1) is 5.52 Å². The topological polar surface area (TPSA) is 12.9 Å². The summed E-state index contributed by atoms with van der Waals surface area (Å²) in [5.41, 5.74) is 3.78. The molecule has 1 nitrogen and oxygen atoms in total. The minimum Gasteiger partial charge on any atom is -0.255 e. The number of nitrogens with zero attached hydrogens (tertiary/aromatic N) is 1. The van der Waals surface area contributed by atoms with E-state index in [4.69, 9.17) is 0 Å². The van der Waals surface area contributed by atoms with Gasteiger partial charge in [-0.25, -0.2) is 0 Å². The molecular formula is C16H12IN. The van der Waals surface area contributed by atoms with Crippen molar-refractivity contribution in [1.82, 2.24) is 4.98 Å². The van der Waals surface area contributed by atoms with Crippen LogP contribution in [0, 0.1) is 3.57 Å². The molecule has 3 aromatic rings. The molecule has 0 fully saturated rings. The monoisotopic (exact) mass is 345 g/mol. The van der Waals surface area contributed by atoms with E-state index in [2.05, 4.69) is 76.1 Å². The minimum absolute atomic E-state index is 0.960. The van der Waals surface area contributed by atoms with Crippen LogP contribution in [0.4, 0.5) is 0 Å². The first-order valence-electron chi connectivity index (χ1n) is 5.90. The van der Waals surface area contributed by atoms with Crippen molar-refractivity contribution in [3.63, 3.8) is 0 Å². The molecule has 0 aliphatic carbocycles. The van der Waals surface area contributed by atoms with Crippen LogP contribution in [0.25, 0.3) is 10.9 Å². The summed E-state index contributed by atoms with van der Waals surface area (Å²) in [6, 6.07) is 18.9. The molecule has 2 aromatic carbocycles. The maximum atomic E-state index is 4.48. The van der Waals surface area contributed by atoms with Crippen molar-refractivity contribution < 1.29 is 0 Å². The first kappa shape index (κ1) is 11.7. The third-order valence-electron chi connectivity index (χ3n) is 3.06. The van der Waals surface area contributed by atoms with E-state index in [0.717, 1.165) is 11.9 Å². The smallest absolute Gasteiger partial charge is 0.0705 e. The number of hydrogen-bond acceptors (Lipinski definition) is 1. The number of para-hydroxylation sites is 1. The molecule has 18 heavy (non-hydrogen) atoms. The van der Waals surface area contributed by atoms with E-state index in [-0.39, 0.29) is 0 Å². The summed E-state index contributed by atoms with van der Waals surface area (Å²) in [7, 11) is 0. The van der Waals surface area contributed by atoms with Crippen molar-refractivity contribution in [3.05, 3.63) is 75.5 Å². The van der Waals surface area contributed by atoms with Crippen molar-refractivity contribution in [2.45, 2.75) is 6.42 Å². The van der Waals surface area contributed by atoms with Crippen LogP contribution in [0.1, 0.15) is 11.1 Å². The molecule has 1 aromatic heterocycles. The Morgan fingerprint density at radius 2 is 1.61 bits per heavy atom. The zero-order chi connectivity index (χ0) is 12.4. The summed E-state index contributed by atoms with van der Waals surface area (Å²) in [6.07, 6.45) is 2.92. The third kappa shape index (κ3) is 2.25. The van der Waals surface area contributed by atoms with Gasteiger partial charge >= 0.3 is 0 Å². The van der Waals surface area contributed by atoms with Crippen LogP contribution < -0.4 is 0 Å². The van der Waals surface area contributed by atoms with Gasteiger partial charge in [-0.05, 0) is 46.2 Å². The van der Waals surface area contributed by atoms with E-state index in [1.54, 1.807) is 0 Å². The molecule has 0 radical (unpaired) electrons. The average molecular weight is 345 g/mol. The molecular weight excluding hydrogens is 333 g/mol. The maximum Gasteiger partial charge on any atom is 0.0705 e. The van der Waals surface area contributed by atoms with E-state index >= 15 is 0 Å². The average Bonchev–Trinajstić information content (AvgIpc) is 2.43. The van der Waals surface area contributed by atoms with Crippen LogP contribution in [0.2, 0.25) is 0 Å². The lowest BCUT2D eigenvalue weighted by atomic mass is 10.0. The second-order valence-electron chi connectivity index (χ2n) is 4.26. The minimum atomic E-state index is 0.960. The largest absolute Gasteiger partial charge is 0.255 e. The standard InChI is InChI=1S/C16H12IN/c17-15-11-18-16-9-5-4-8-13(16)14(15)10-12-6-2-1-3-7-12/h1-9,11H,10H2. The van der Waals surface area contributed by atoms with Crippen molar-refractivity contribution in [2.75, 3.05) is 0 Å². The summed E-state index contributed by atoms with van der Waals surface area (Å²) in [5.74, 6) is 0. The molecule has 3 rings (SSSR count). The van der Waals surface area contributed by atoms with Crippen LogP contribution in [-0.2, 0) is 6.42 Å². The maximum absolute atomic E-state index is 4.48. The molecule has 0 spiro atoms. The van der Waals surface area contributed by atoms with E-state index in [1.807, 2.05) is 12.3 Å². The molecule has 0 bridgehead atoms. The fourth-order valence-corrected chi connectivity index (χ4v) is 2.77. The summed E-state index contributed by atoms with van der Waals surface area (Å²) in [4.78, 5) is 4.48. The Bertz CT molecular complexity index is 677. The predicted octanol–water partition coefficient (Wildman–Crippen LogP) is 4.43. The lowest BCUT2D eigenvalue weighted by Crippen LogP contribution is -1.95. The third-order valence-corrected chi connectivity index (χ3v) is 3.99. The number of hydrogen-bond donors (Lipinski definition) is 0. The van der Waals surface area contributed by atoms with Gasteiger partial charge in [0.25, 0.3) is 0 Å². The van der Waals surface area contributed by atoms with Crippen LogP contribution >= 0.6 is 22.6 Å². The van der Waals surface area contributed by atoms with Crippen molar-refractivity contribution >= 4 is 33.5 Å². The highest BCUT2D eigenvalue weighted by molar-refractivity contribution is 14.1. The highest BCUT2D eigenvalue weighted by Crippen LogP contribution is 2.24. The van der Waals surface area contributed by atoms with Gasteiger partial charge in [-0.1, -0.05) is 48.5 Å². The Kier molecular flexibility index (Phi) is 3.28. The lowest BCUT2D eigenvalue weighted by Gasteiger charge is -2.08. The fraction of sp³-hybridized carbons (Fsp3) is 0.0625. The molecule has 0 aliphatic rings. The molecule has 2 heteroatoms. The molecule has 88 valence electrons. The number of benzene rings is 2. The van der Waals surface area contributed by atoms with Gasteiger partial charge in [0.2, 0.25) is 0 Å². The SMILES string of the molecule is Ic1cnc2ccccc2c1Cc1ccccc1.